The number of ether oxygens (including phenoxy) is 4. The zero-order valence-corrected chi connectivity index (χ0v) is 28.6. The number of rotatable bonds is 7. The highest BCUT2D eigenvalue weighted by Gasteiger charge is 2.51. The van der Waals surface area contributed by atoms with Gasteiger partial charge in [0.15, 0.2) is 5.79 Å². The van der Waals surface area contributed by atoms with Gasteiger partial charge in [0.1, 0.15) is 12.2 Å². The second-order valence-corrected chi connectivity index (χ2v) is 13.6. The Kier molecular flexibility index (Phi) is 14.3. The van der Waals surface area contributed by atoms with Crippen LogP contribution in [0, 0.1) is 35.5 Å². The van der Waals surface area contributed by atoms with Crippen molar-refractivity contribution in [1.82, 2.24) is 0 Å². The summed E-state index contributed by atoms with van der Waals surface area (Å²) in [5.74, 6) is -4.49. The van der Waals surface area contributed by atoms with Gasteiger partial charge in [-0.15, -0.1) is 0 Å². The van der Waals surface area contributed by atoms with Crippen LogP contribution in [-0.4, -0.2) is 83.0 Å². The van der Waals surface area contributed by atoms with Crippen molar-refractivity contribution in [3.05, 3.63) is 47.3 Å². The molecular formula is C35H58O9. The van der Waals surface area contributed by atoms with Crippen molar-refractivity contribution in [2.24, 2.45) is 35.5 Å². The average molecular weight is 623 g/mol. The van der Waals surface area contributed by atoms with Crippen LogP contribution >= 0.6 is 0 Å². The minimum absolute atomic E-state index is 0.00492. The van der Waals surface area contributed by atoms with E-state index in [-0.39, 0.29) is 35.9 Å². The highest BCUT2D eigenvalue weighted by molar-refractivity contribution is 5.87. The van der Waals surface area contributed by atoms with Gasteiger partial charge in [-0.1, -0.05) is 83.9 Å². The Morgan fingerprint density at radius 3 is 2.25 bits per heavy atom. The molecule has 4 N–H and O–H groups in total. The Bertz CT molecular complexity index is 1060. The van der Waals surface area contributed by atoms with Crippen LogP contribution < -0.4 is 0 Å². The predicted octanol–water partition coefficient (Wildman–Crippen LogP) is 4.69. The molecule has 0 amide bonds. The Balaban J connectivity index is 2.52. The maximum absolute atomic E-state index is 13.5. The number of aliphatic hydroxyl groups is 4. The molecule has 1 fully saturated rings. The van der Waals surface area contributed by atoms with E-state index in [9.17, 15) is 25.2 Å². The van der Waals surface area contributed by atoms with Crippen molar-refractivity contribution in [1.29, 1.82) is 0 Å². The molecule has 2 aliphatic rings. The molecule has 2 rings (SSSR count). The summed E-state index contributed by atoms with van der Waals surface area (Å²) in [6.45, 7) is 17.0. The molecule has 0 aromatic carbocycles. The van der Waals surface area contributed by atoms with Crippen LogP contribution in [0.15, 0.2) is 47.3 Å². The summed E-state index contributed by atoms with van der Waals surface area (Å²) < 4.78 is 23.4. The van der Waals surface area contributed by atoms with Gasteiger partial charge >= 0.3 is 5.97 Å². The number of methoxy groups -OCH3 is 2. The fraction of sp³-hybridized carbons (Fsp3) is 0.743. The first-order valence-corrected chi connectivity index (χ1v) is 15.9. The molecule has 0 aromatic heterocycles. The maximum atomic E-state index is 13.5. The van der Waals surface area contributed by atoms with Gasteiger partial charge < -0.3 is 39.4 Å². The Hall–Kier alpha value is -2.01. The number of aliphatic hydroxyl groups excluding tert-OH is 3. The molecule has 2 aliphatic heterocycles. The van der Waals surface area contributed by atoms with Crippen LogP contribution in [0.2, 0.25) is 0 Å². The normalized spacial score (nSPS) is 41.2. The van der Waals surface area contributed by atoms with E-state index in [2.05, 4.69) is 0 Å². The van der Waals surface area contributed by atoms with E-state index in [0.29, 0.717) is 6.42 Å². The number of carbonyl (C=O) groups excluding carboxylic acids is 1. The minimum Gasteiger partial charge on any atom is -0.490 e. The number of hydrogen-bond acceptors (Lipinski definition) is 9. The van der Waals surface area contributed by atoms with Gasteiger partial charge in [-0.3, -0.25) is 0 Å². The van der Waals surface area contributed by atoms with Crippen LogP contribution in [-0.2, 0) is 23.7 Å². The van der Waals surface area contributed by atoms with Crippen molar-refractivity contribution in [2.45, 2.75) is 118 Å². The SMILES string of the molecule is CO/C1=C\C(C)=C\[C@@H](C)[C@@H](O)[C@@H](C)C/C(C)=C/C=C/[C@H](OC)[C@@H]([C@@H](C)[C@@H](O)[C@H](C)[C@@]2(O)C[C@@H](O)[C@@H](C)[C@@H](C(C)C)O2)OC1=O. The third kappa shape index (κ3) is 9.50. The number of cyclic esters (lactones) is 1. The molecule has 9 nitrogen and oxygen atoms in total. The maximum Gasteiger partial charge on any atom is 0.373 e. The van der Waals surface area contributed by atoms with Crippen LogP contribution in [0.5, 0.6) is 0 Å². The lowest BCUT2D eigenvalue weighted by Crippen LogP contribution is -2.59. The average Bonchev–Trinajstić information content (AvgIpc) is 2.96. The highest BCUT2D eigenvalue weighted by Crippen LogP contribution is 2.41. The van der Waals surface area contributed by atoms with Crippen LogP contribution in [0.3, 0.4) is 0 Å². The molecule has 252 valence electrons. The molecule has 0 spiro atoms. The second kappa shape index (κ2) is 16.5. The highest BCUT2D eigenvalue weighted by atomic mass is 16.6. The van der Waals surface area contributed by atoms with E-state index in [0.717, 1.165) is 11.1 Å². The van der Waals surface area contributed by atoms with Gasteiger partial charge in [0.05, 0.1) is 31.5 Å². The number of esters is 1. The lowest BCUT2D eigenvalue weighted by atomic mass is 9.76. The summed E-state index contributed by atoms with van der Waals surface area (Å²) in [5.41, 5.74) is 1.78. The first-order chi connectivity index (χ1) is 20.5. The van der Waals surface area contributed by atoms with E-state index >= 15 is 0 Å². The standard InChI is InChI=1S/C35H58O9/c1-19(2)32-24(7)27(36)18-35(40,44-32)26(9)31(38)25(8)33-28(41-10)14-12-13-20(3)15-22(5)30(37)23(6)16-21(4)17-29(42-11)34(39)43-33/h12-14,16-17,19,22-28,30-33,36-38,40H,15,18H2,1-11H3/b14-12+,20-13+,21-16+,29-17-/t22-,23+,24+,25-,26-,27+,28-,30-,31+,32+,33+,35+/m0/s1. The van der Waals surface area contributed by atoms with E-state index in [1.165, 1.54) is 14.2 Å². The summed E-state index contributed by atoms with van der Waals surface area (Å²) in [5, 5.41) is 45.0. The number of carbonyl (C=O) groups is 1. The summed E-state index contributed by atoms with van der Waals surface area (Å²) in [6, 6.07) is 0. The van der Waals surface area contributed by atoms with Crippen molar-refractivity contribution in [3.8, 4) is 0 Å². The van der Waals surface area contributed by atoms with Crippen LogP contribution in [0.1, 0.15) is 75.2 Å². The fourth-order valence-electron chi connectivity index (χ4n) is 6.54. The molecule has 44 heavy (non-hydrogen) atoms. The largest absolute Gasteiger partial charge is 0.490 e. The van der Waals surface area contributed by atoms with E-state index in [1.807, 2.05) is 66.7 Å². The number of hydrogen-bond donors (Lipinski definition) is 4. The third-order valence-electron chi connectivity index (χ3n) is 9.50. The number of allylic oxidation sites excluding steroid dienone is 5. The van der Waals surface area contributed by atoms with Gasteiger partial charge in [0.25, 0.3) is 0 Å². The van der Waals surface area contributed by atoms with Crippen molar-refractivity contribution in [2.75, 3.05) is 14.2 Å². The zero-order valence-electron chi connectivity index (χ0n) is 28.6. The molecule has 9 heteroatoms. The predicted molar refractivity (Wildman–Crippen MR) is 170 cm³/mol. The van der Waals surface area contributed by atoms with Crippen molar-refractivity contribution >= 4 is 5.97 Å². The summed E-state index contributed by atoms with van der Waals surface area (Å²) >= 11 is 0. The van der Waals surface area contributed by atoms with Crippen molar-refractivity contribution < 1.29 is 44.2 Å². The van der Waals surface area contributed by atoms with Crippen LogP contribution in [0.4, 0.5) is 0 Å². The quantitative estimate of drug-likeness (QED) is 0.298. The summed E-state index contributed by atoms with van der Waals surface area (Å²) in [7, 11) is 2.87. The van der Waals surface area contributed by atoms with E-state index in [4.69, 9.17) is 18.9 Å². The molecule has 0 bridgehead atoms. The van der Waals surface area contributed by atoms with Gasteiger partial charge in [0, 0.05) is 37.2 Å². The van der Waals surface area contributed by atoms with Gasteiger partial charge in [0.2, 0.25) is 5.76 Å². The third-order valence-corrected chi connectivity index (χ3v) is 9.50. The molecule has 0 aromatic rings. The molecule has 0 unspecified atom stereocenters. The second-order valence-electron chi connectivity index (χ2n) is 13.6. The summed E-state index contributed by atoms with van der Waals surface area (Å²) in [4.78, 5) is 13.5. The Labute approximate surface area is 264 Å². The molecule has 0 aliphatic carbocycles. The van der Waals surface area contributed by atoms with Crippen molar-refractivity contribution in [3.63, 3.8) is 0 Å². The van der Waals surface area contributed by atoms with Gasteiger partial charge in [-0.2, -0.15) is 0 Å². The fourth-order valence-corrected chi connectivity index (χ4v) is 6.54. The first kappa shape index (κ1) is 38.2. The lowest BCUT2D eigenvalue weighted by Gasteiger charge is -2.49. The molecule has 1 saturated heterocycles. The first-order valence-electron chi connectivity index (χ1n) is 15.9. The van der Waals surface area contributed by atoms with E-state index < -0.39 is 60.2 Å². The molecule has 0 saturated carbocycles. The topological polar surface area (TPSA) is 135 Å². The smallest absolute Gasteiger partial charge is 0.373 e. The Morgan fingerprint density at radius 1 is 1.05 bits per heavy atom. The van der Waals surface area contributed by atoms with Gasteiger partial charge in [-0.05, 0) is 38.2 Å². The van der Waals surface area contributed by atoms with Crippen LogP contribution in [0.25, 0.3) is 0 Å². The minimum atomic E-state index is -1.80. The molecule has 12 atom stereocenters. The van der Waals surface area contributed by atoms with E-state index in [1.54, 1.807) is 26.0 Å². The molecule has 0 radical (unpaired) electrons. The Morgan fingerprint density at radius 2 is 1.68 bits per heavy atom. The summed E-state index contributed by atoms with van der Waals surface area (Å²) in [6.07, 6.45) is 4.85. The molecular weight excluding hydrogens is 564 g/mol. The lowest BCUT2D eigenvalue weighted by molar-refractivity contribution is -0.328. The monoisotopic (exact) mass is 622 g/mol. The zero-order chi connectivity index (χ0) is 33.5. The van der Waals surface area contributed by atoms with Gasteiger partial charge in [-0.25, -0.2) is 4.79 Å². The molecule has 2 heterocycles.